The van der Waals surface area contributed by atoms with Crippen molar-refractivity contribution in [3.63, 3.8) is 0 Å². The third-order valence-electron chi connectivity index (χ3n) is 16.4. The maximum absolute atomic E-state index is 14.4. The Morgan fingerprint density at radius 2 is 1.15 bits per heavy atom. The first-order valence-corrected chi connectivity index (χ1v) is 32.5. The lowest BCUT2D eigenvalue weighted by molar-refractivity contribution is -0.153. The summed E-state index contributed by atoms with van der Waals surface area (Å²) in [5.74, 6) is -2.78. The van der Waals surface area contributed by atoms with Crippen LogP contribution in [-0.4, -0.2) is 235 Å². The zero-order chi connectivity index (χ0) is 69.5. The van der Waals surface area contributed by atoms with Gasteiger partial charge in [-0.2, -0.15) is 0 Å². The van der Waals surface area contributed by atoms with Crippen molar-refractivity contribution in [3.05, 3.63) is 100 Å². The molecule has 0 aliphatic carbocycles. The van der Waals surface area contributed by atoms with Gasteiger partial charge < -0.3 is 87.0 Å². The first-order valence-electron chi connectivity index (χ1n) is 32.5. The molecule has 28 nitrogen and oxygen atoms in total. The smallest absolute Gasteiger partial charge is 0.326 e. The molecule has 2 saturated heterocycles. The fourth-order valence-electron chi connectivity index (χ4n) is 11.7. The van der Waals surface area contributed by atoms with E-state index in [2.05, 4.69) is 16.0 Å². The highest BCUT2D eigenvalue weighted by Crippen LogP contribution is 2.46. The van der Waals surface area contributed by atoms with Crippen LogP contribution in [0.3, 0.4) is 0 Å². The van der Waals surface area contributed by atoms with Crippen molar-refractivity contribution in [2.45, 2.75) is 82.2 Å². The highest BCUT2D eigenvalue weighted by molar-refractivity contribution is 6.24. The SMILES string of the molecule is CCC(C(=O)N1CCC(c2c(CCCc3cccc(OCC(=O)NCCOCCOCCOCCOCCOCCOCCOCCNC(=O)COc4cccc5c4C(=O)N(C4CCC(=O)NC4=O)C5=O)c3)ccc(OC)c2OC)CC1C(=O)O)c1cc(OC)c(OC)c(OC)c1. The predicted octanol–water partition coefficient (Wildman–Crippen LogP) is 4.47. The molecule has 97 heavy (non-hydrogen) atoms. The van der Waals surface area contributed by atoms with Crippen LogP contribution in [0.15, 0.2) is 66.7 Å². The Hall–Kier alpha value is -8.64. The number of ether oxygens (including phenoxy) is 14. The van der Waals surface area contributed by atoms with Gasteiger partial charge in [-0.1, -0.05) is 31.2 Å². The Labute approximate surface area is 564 Å². The molecule has 0 bridgehead atoms. The van der Waals surface area contributed by atoms with Crippen LogP contribution in [-0.2, 0) is 74.8 Å². The van der Waals surface area contributed by atoms with Crippen molar-refractivity contribution in [1.29, 1.82) is 0 Å². The van der Waals surface area contributed by atoms with Crippen molar-refractivity contribution >= 4 is 47.3 Å². The van der Waals surface area contributed by atoms with Gasteiger partial charge >= 0.3 is 5.97 Å². The van der Waals surface area contributed by atoms with Gasteiger partial charge in [0.05, 0.1) is 145 Å². The highest BCUT2D eigenvalue weighted by Gasteiger charge is 2.46. The second kappa shape index (κ2) is 40.2. The molecule has 7 amide bonds. The van der Waals surface area contributed by atoms with Crippen molar-refractivity contribution < 1.29 is 110 Å². The molecule has 4 aromatic rings. The summed E-state index contributed by atoms with van der Waals surface area (Å²) in [4.78, 5) is 105. The van der Waals surface area contributed by atoms with E-state index in [9.17, 15) is 43.5 Å². The number of aryl methyl sites for hydroxylation is 2. The summed E-state index contributed by atoms with van der Waals surface area (Å²) in [5.41, 5.74) is 3.53. The second-order valence-corrected chi connectivity index (χ2v) is 22.6. The number of carbonyl (C=O) groups excluding carboxylic acids is 7. The Bertz CT molecular complexity index is 3250. The van der Waals surface area contributed by atoms with E-state index in [4.69, 9.17) is 66.3 Å². The summed E-state index contributed by atoms with van der Waals surface area (Å²) < 4.78 is 78.5. The number of nitrogens with zero attached hydrogens (tertiary/aromatic N) is 2. The van der Waals surface area contributed by atoms with Crippen LogP contribution in [0.25, 0.3) is 0 Å². The number of hydrogen-bond donors (Lipinski definition) is 4. The first kappa shape index (κ1) is 75.7. The number of fused-ring (bicyclic) bond motifs is 1. The van der Waals surface area contributed by atoms with Crippen molar-refractivity contribution in [1.82, 2.24) is 25.8 Å². The van der Waals surface area contributed by atoms with Crippen LogP contribution in [0.1, 0.15) is 100 Å². The van der Waals surface area contributed by atoms with Crippen LogP contribution in [0.5, 0.6) is 40.2 Å². The first-order chi connectivity index (χ1) is 47.2. The monoisotopic (exact) mass is 1360 g/mol. The van der Waals surface area contributed by atoms with Crippen LogP contribution in [0.4, 0.5) is 0 Å². The molecule has 3 aliphatic heterocycles. The number of likely N-dealkylation sites (tertiary alicyclic amines) is 1. The van der Waals surface area contributed by atoms with Crippen molar-refractivity contribution in [2.24, 2.45) is 0 Å². The number of imide groups is 2. The van der Waals surface area contributed by atoms with Crippen LogP contribution in [0, 0.1) is 0 Å². The van der Waals surface area contributed by atoms with E-state index in [1.807, 2.05) is 37.3 Å². The molecule has 530 valence electrons. The van der Waals surface area contributed by atoms with Gasteiger partial charge in [-0.25, -0.2) is 4.79 Å². The molecule has 0 saturated carbocycles. The molecule has 0 spiro atoms. The van der Waals surface area contributed by atoms with Gasteiger partial charge in [-0.15, -0.1) is 0 Å². The number of amides is 7. The summed E-state index contributed by atoms with van der Waals surface area (Å²) in [6.07, 6.45) is 3.20. The molecule has 4 unspecified atom stereocenters. The molecule has 0 aromatic heterocycles. The Morgan fingerprint density at radius 3 is 1.69 bits per heavy atom. The normalized spacial score (nSPS) is 16.3. The summed E-state index contributed by atoms with van der Waals surface area (Å²) in [7, 11) is 7.65. The van der Waals surface area contributed by atoms with E-state index in [1.54, 1.807) is 32.4 Å². The fraction of sp³-hybridized carbons (Fsp3) is 0.536. The second-order valence-electron chi connectivity index (χ2n) is 22.6. The van der Waals surface area contributed by atoms with Gasteiger partial charge in [0.15, 0.2) is 36.2 Å². The predicted molar refractivity (Wildman–Crippen MR) is 348 cm³/mol. The van der Waals surface area contributed by atoms with Crippen molar-refractivity contribution in [3.8, 4) is 40.2 Å². The molecule has 0 radical (unpaired) electrons. The van der Waals surface area contributed by atoms with E-state index >= 15 is 0 Å². The lowest BCUT2D eigenvalue weighted by Crippen LogP contribution is -2.54. The van der Waals surface area contributed by atoms with Crippen LogP contribution >= 0.6 is 0 Å². The number of hydrogen-bond acceptors (Lipinski definition) is 22. The number of rotatable bonds is 45. The zero-order valence-electron chi connectivity index (χ0n) is 56.1. The lowest BCUT2D eigenvalue weighted by atomic mass is 9.80. The molecule has 2 fully saturated rings. The number of benzene rings is 4. The average molecular weight is 1360 g/mol. The highest BCUT2D eigenvalue weighted by atomic mass is 16.6. The number of carboxylic acid groups (broad SMARTS) is 1. The van der Waals surface area contributed by atoms with E-state index < -0.39 is 60.1 Å². The van der Waals surface area contributed by atoms with Gasteiger partial charge in [0.25, 0.3) is 23.6 Å². The number of nitrogens with one attached hydrogen (secondary N) is 3. The van der Waals surface area contributed by atoms with E-state index in [-0.39, 0.29) is 80.2 Å². The molecule has 4 aromatic carbocycles. The third kappa shape index (κ3) is 21.9. The van der Waals surface area contributed by atoms with Crippen LogP contribution < -0.4 is 49.1 Å². The molecule has 4 atom stereocenters. The number of methoxy groups -OCH3 is 5. The molecular formula is C69H91N5O23. The molecule has 7 rings (SSSR count). The number of piperidine rings is 2. The fourth-order valence-corrected chi connectivity index (χ4v) is 11.7. The van der Waals surface area contributed by atoms with Gasteiger partial charge in [0.2, 0.25) is 23.5 Å². The molecule has 3 aliphatic rings. The number of carbonyl (C=O) groups is 8. The molecule has 3 heterocycles. The Balaban J connectivity index is 0.662. The zero-order valence-corrected chi connectivity index (χ0v) is 56.1. The topological polar surface area (TPSA) is 329 Å². The minimum absolute atomic E-state index is 0.00398. The summed E-state index contributed by atoms with van der Waals surface area (Å²) in [5, 5.41) is 18.3. The largest absolute Gasteiger partial charge is 0.493 e. The summed E-state index contributed by atoms with van der Waals surface area (Å²) in [6.45, 7) is 6.89. The van der Waals surface area contributed by atoms with Crippen LogP contribution in [0.2, 0.25) is 0 Å². The van der Waals surface area contributed by atoms with Gasteiger partial charge in [-0.05, 0) is 110 Å². The number of carboxylic acids is 1. The van der Waals surface area contributed by atoms with E-state index in [0.29, 0.717) is 158 Å². The van der Waals surface area contributed by atoms with Gasteiger partial charge in [0, 0.05) is 31.6 Å². The minimum atomic E-state index is -1.12. The minimum Gasteiger partial charge on any atom is -0.493 e. The summed E-state index contributed by atoms with van der Waals surface area (Å²) in [6, 6.07) is 17.1. The third-order valence-corrected chi connectivity index (χ3v) is 16.4. The van der Waals surface area contributed by atoms with Gasteiger partial charge in [-0.3, -0.25) is 43.8 Å². The standard InChI is InChI=1S/C69H91N5O23/c1-7-50(48-41-56(85-3)63(87-5)57(42-48)86-4)66(79)73-24-21-47(40-53(73)69(82)83)61-46(17-19-55(84-2)64(61)88-6)13-8-11-45-12-9-14-49(39-45)96-43-59(76)70-22-25-89-27-29-91-31-33-93-35-37-95-38-36-94-34-32-92-30-28-90-26-23-71-60(77)44-97-54-16-10-15-51-62(54)68(81)74(67(51)80)52-18-20-58(75)72-65(52)78/h9-10,12,14-17,19,39,41-42,47,50,52-53H,7-8,11,13,18,20-38,40,43-44H2,1-6H3,(H,70,76)(H,71,77)(H,82,83)(H,72,75,78). The average Bonchev–Trinajstić information content (AvgIpc) is 1.72. The Morgan fingerprint density at radius 1 is 0.598 bits per heavy atom. The van der Waals surface area contributed by atoms with E-state index in [1.165, 1.54) is 44.4 Å². The number of aliphatic carboxylic acids is 1. The molecule has 4 N–H and O–H groups in total. The lowest BCUT2D eigenvalue weighted by Gasteiger charge is -2.40. The van der Waals surface area contributed by atoms with Crippen molar-refractivity contribution in [2.75, 3.05) is 161 Å². The summed E-state index contributed by atoms with van der Waals surface area (Å²) >= 11 is 0. The molecular weight excluding hydrogens is 1270 g/mol. The maximum atomic E-state index is 14.4. The Kier molecular flexibility index (Phi) is 31.4. The van der Waals surface area contributed by atoms with Gasteiger partial charge in [0.1, 0.15) is 23.6 Å². The maximum Gasteiger partial charge on any atom is 0.326 e. The molecule has 28 heteroatoms. The van der Waals surface area contributed by atoms with E-state index in [0.717, 1.165) is 28.0 Å². The quantitative estimate of drug-likeness (QED) is 0.0350.